The molecule has 3 heterocycles. The smallest absolute Gasteiger partial charge is 0.169 e. The first-order valence-electron chi connectivity index (χ1n) is 9.17. The van der Waals surface area contributed by atoms with Crippen molar-refractivity contribution in [3.05, 3.63) is 52.9 Å². The molecule has 1 aromatic heterocycles. The van der Waals surface area contributed by atoms with Crippen molar-refractivity contribution in [2.75, 3.05) is 7.11 Å². The van der Waals surface area contributed by atoms with Gasteiger partial charge in [0.05, 0.1) is 12.8 Å². The molecule has 0 spiro atoms. The summed E-state index contributed by atoms with van der Waals surface area (Å²) in [5.41, 5.74) is 3.18. The van der Waals surface area contributed by atoms with Gasteiger partial charge in [-0.1, -0.05) is 12.1 Å². The Labute approximate surface area is 147 Å². The van der Waals surface area contributed by atoms with E-state index in [9.17, 15) is 4.39 Å². The van der Waals surface area contributed by atoms with Gasteiger partial charge in [0.2, 0.25) is 0 Å². The normalized spacial score (nSPS) is 25.0. The van der Waals surface area contributed by atoms with Crippen molar-refractivity contribution in [1.82, 2.24) is 14.9 Å². The number of ether oxygens (including phenoxy) is 1. The molecule has 1 saturated carbocycles. The molecule has 2 fully saturated rings. The lowest BCUT2D eigenvalue weighted by Gasteiger charge is -2.35. The predicted molar refractivity (Wildman–Crippen MR) is 92.0 cm³/mol. The Morgan fingerprint density at radius 1 is 1.24 bits per heavy atom. The summed E-state index contributed by atoms with van der Waals surface area (Å²) in [5.74, 6) is 1.70. The summed E-state index contributed by atoms with van der Waals surface area (Å²) in [6.45, 7) is 0.613. The summed E-state index contributed by atoms with van der Waals surface area (Å²) in [7, 11) is 1.51. The summed E-state index contributed by atoms with van der Waals surface area (Å²) in [5, 5.41) is 0. The molecule has 1 aliphatic carbocycles. The molecule has 0 radical (unpaired) electrons. The number of hydrogen-bond donors (Lipinski definition) is 0. The molecule has 2 bridgehead atoms. The van der Waals surface area contributed by atoms with E-state index in [1.165, 1.54) is 31.2 Å². The molecule has 0 N–H and O–H groups in total. The highest BCUT2D eigenvalue weighted by atomic mass is 19.1. The molecule has 3 aliphatic rings. The summed E-state index contributed by atoms with van der Waals surface area (Å²) in [6, 6.07) is 6.16. The second-order valence-corrected chi connectivity index (χ2v) is 7.46. The van der Waals surface area contributed by atoms with Crippen LogP contribution in [0.15, 0.2) is 24.4 Å². The number of fused-ring (bicyclic) bond motifs is 4. The number of methoxy groups -OCH3 is 1. The van der Waals surface area contributed by atoms with Gasteiger partial charge in [-0.2, -0.15) is 0 Å². The molecule has 4 nitrogen and oxygen atoms in total. The first-order valence-corrected chi connectivity index (χ1v) is 9.17. The fraction of sp³-hybridized carbons (Fsp3) is 0.500. The topological polar surface area (TPSA) is 38.2 Å². The molecule has 5 rings (SSSR count). The molecule has 2 atom stereocenters. The number of nitrogens with zero attached hydrogens (tertiary/aromatic N) is 3. The van der Waals surface area contributed by atoms with Gasteiger partial charge in [-0.25, -0.2) is 14.4 Å². The molecule has 25 heavy (non-hydrogen) atoms. The highest BCUT2D eigenvalue weighted by Crippen LogP contribution is 2.45. The monoisotopic (exact) mass is 339 g/mol. The van der Waals surface area contributed by atoms with E-state index in [4.69, 9.17) is 9.72 Å². The van der Waals surface area contributed by atoms with Gasteiger partial charge in [-0.3, -0.25) is 4.90 Å². The minimum atomic E-state index is -0.240. The summed E-state index contributed by atoms with van der Waals surface area (Å²) >= 11 is 0. The predicted octanol–water partition coefficient (Wildman–Crippen LogP) is 3.76. The van der Waals surface area contributed by atoms with Gasteiger partial charge in [-0.05, 0) is 31.7 Å². The Morgan fingerprint density at radius 3 is 2.92 bits per heavy atom. The summed E-state index contributed by atoms with van der Waals surface area (Å²) in [6.07, 6.45) is 7.71. The van der Waals surface area contributed by atoms with Gasteiger partial charge in [0.15, 0.2) is 11.6 Å². The molecule has 2 aromatic rings. The maximum Gasteiger partial charge on any atom is 0.169 e. The maximum absolute atomic E-state index is 14.6. The van der Waals surface area contributed by atoms with E-state index in [-0.39, 0.29) is 5.82 Å². The van der Waals surface area contributed by atoms with Crippen LogP contribution in [0.3, 0.4) is 0 Å². The van der Waals surface area contributed by atoms with E-state index in [2.05, 4.69) is 9.88 Å². The quantitative estimate of drug-likeness (QED) is 0.850. The van der Waals surface area contributed by atoms with Crippen LogP contribution in [0.1, 0.15) is 60.3 Å². The van der Waals surface area contributed by atoms with Crippen LogP contribution in [0.2, 0.25) is 0 Å². The third-order valence-electron chi connectivity index (χ3n) is 5.91. The fourth-order valence-electron chi connectivity index (χ4n) is 4.41. The molecule has 1 saturated heterocycles. The Hall–Kier alpha value is -2.01. The minimum absolute atomic E-state index is 0.240. The van der Waals surface area contributed by atoms with Gasteiger partial charge >= 0.3 is 0 Å². The lowest BCUT2D eigenvalue weighted by molar-refractivity contribution is 0.163. The zero-order valence-electron chi connectivity index (χ0n) is 14.4. The lowest BCUT2D eigenvalue weighted by atomic mass is 9.98. The second-order valence-electron chi connectivity index (χ2n) is 7.46. The van der Waals surface area contributed by atoms with Crippen molar-refractivity contribution in [1.29, 1.82) is 0 Å². The van der Waals surface area contributed by atoms with Crippen LogP contribution in [0, 0.1) is 5.82 Å². The highest BCUT2D eigenvalue weighted by molar-refractivity contribution is 5.33. The average molecular weight is 339 g/mol. The standard InChI is InChI=1S/C20H22FN3O/c1-25-18-4-2-3-13(19(18)21)11-24-14-7-8-17(24)15-10-22-20(12-5-6-12)23-16(15)9-14/h2-4,10,12,14,17H,5-9,11H2,1H3/t14-,17+/m0/s1. The van der Waals surface area contributed by atoms with Gasteiger partial charge in [0.25, 0.3) is 0 Å². The van der Waals surface area contributed by atoms with Crippen LogP contribution >= 0.6 is 0 Å². The molecule has 0 amide bonds. The van der Waals surface area contributed by atoms with Crippen molar-refractivity contribution in [3.8, 4) is 5.75 Å². The zero-order valence-corrected chi connectivity index (χ0v) is 14.4. The SMILES string of the molecule is COc1cccc(CN2[C@H]3CC[C@@H]2c2cnc(C4CC4)nc2C3)c1F. The zero-order chi connectivity index (χ0) is 17.0. The van der Waals surface area contributed by atoms with Crippen LogP contribution in [-0.2, 0) is 13.0 Å². The first kappa shape index (κ1) is 15.3. The third kappa shape index (κ3) is 2.53. The van der Waals surface area contributed by atoms with E-state index in [0.29, 0.717) is 35.9 Å². The van der Waals surface area contributed by atoms with E-state index in [1.807, 2.05) is 18.3 Å². The molecule has 130 valence electrons. The Balaban J connectivity index is 1.44. The number of hydrogen-bond acceptors (Lipinski definition) is 4. The van der Waals surface area contributed by atoms with E-state index < -0.39 is 0 Å². The number of rotatable bonds is 4. The molecule has 2 aliphatic heterocycles. The maximum atomic E-state index is 14.6. The summed E-state index contributed by atoms with van der Waals surface area (Å²) in [4.78, 5) is 11.9. The van der Waals surface area contributed by atoms with Crippen LogP contribution in [0.25, 0.3) is 0 Å². The van der Waals surface area contributed by atoms with Gasteiger partial charge in [-0.15, -0.1) is 0 Å². The van der Waals surface area contributed by atoms with E-state index in [1.54, 1.807) is 6.07 Å². The summed E-state index contributed by atoms with van der Waals surface area (Å²) < 4.78 is 19.7. The highest BCUT2D eigenvalue weighted by Gasteiger charge is 2.41. The van der Waals surface area contributed by atoms with Crippen LogP contribution in [-0.4, -0.2) is 28.0 Å². The van der Waals surface area contributed by atoms with Crippen molar-refractivity contribution in [3.63, 3.8) is 0 Å². The number of halogens is 1. The molecule has 0 unspecified atom stereocenters. The van der Waals surface area contributed by atoms with E-state index in [0.717, 1.165) is 25.1 Å². The second kappa shape index (κ2) is 5.77. The number of benzene rings is 1. The van der Waals surface area contributed by atoms with Crippen molar-refractivity contribution < 1.29 is 9.13 Å². The van der Waals surface area contributed by atoms with Gasteiger partial charge < -0.3 is 4.74 Å². The first-order chi connectivity index (χ1) is 12.2. The Morgan fingerprint density at radius 2 is 2.12 bits per heavy atom. The largest absolute Gasteiger partial charge is 0.494 e. The van der Waals surface area contributed by atoms with E-state index >= 15 is 0 Å². The van der Waals surface area contributed by atoms with Crippen LogP contribution < -0.4 is 4.74 Å². The van der Waals surface area contributed by atoms with Crippen molar-refractivity contribution in [2.45, 2.75) is 56.7 Å². The number of aromatic nitrogens is 2. The van der Waals surface area contributed by atoms with Gasteiger partial charge in [0.1, 0.15) is 5.82 Å². The fourth-order valence-corrected chi connectivity index (χ4v) is 4.41. The van der Waals surface area contributed by atoms with Crippen LogP contribution in [0.4, 0.5) is 4.39 Å². The van der Waals surface area contributed by atoms with Gasteiger partial charge in [0, 0.05) is 48.3 Å². The average Bonchev–Trinajstić information content (AvgIpc) is 3.43. The molecule has 5 heteroatoms. The third-order valence-corrected chi connectivity index (χ3v) is 5.91. The Bertz CT molecular complexity index is 821. The Kier molecular flexibility index (Phi) is 3.52. The molecule has 1 aromatic carbocycles. The molecular weight excluding hydrogens is 317 g/mol. The lowest BCUT2D eigenvalue weighted by Crippen LogP contribution is -2.38. The van der Waals surface area contributed by atoms with Crippen molar-refractivity contribution in [2.24, 2.45) is 0 Å². The minimum Gasteiger partial charge on any atom is -0.494 e. The molecular formula is C20H22FN3O. The van der Waals surface area contributed by atoms with Crippen LogP contribution in [0.5, 0.6) is 5.75 Å². The van der Waals surface area contributed by atoms with Crippen molar-refractivity contribution >= 4 is 0 Å².